The maximum atomic E-state index is 13.6. The van der Waals surface area contributed by atoms with Gasteiger partial charge in [0.15, 0.2) is 11.5 Å². The topological polar surface area (TPSA) is 101 Å². The summed E-state index contributed by atoms with van der Waals surface area (Å²) < 4.78 is 57.2. The zero-order chi connectivity index (χ0) is 24.2. The van der Waals surface area contributed by atoms with Crippen LogP contribution in [0.2, 0.25) is 0 Å². The summed E-state index contributed by atoms with van der Waals surface area (Å²) in [5, 5.41) is 6.31. The molecule has 1 saturated carbocycles. The Bertz CT molecular complexity index is 1300. The molecule has 3 aromatic rings. The Morgan fingerprint density at radius 2 is 1.89 bits per heavy atom. The number of rotatable bonds is 5. The third-order valence-electron chi connectivity index (χ3n) is 6.19. The minimum absolute atomic E-state index is 0.00576. The fourth-order valence-corrected chi connectivity index (χ4v) is 4.32. The van der Waals surface area contributed by atoms with E-state index in [2.05, 4.69) is 20.6 Å². The molecule has 1 aromatic carbocycles. The molecular formula is C23H22F3N5O4. The van der Waals surface area contributed by atoms with Gasteiger partial charge in [-0.2, -0.15) is 13.2 Å². The number of carbonyl (C=O) groups excluding carboxylic acids is 1. The molecule has 6 rings (SSSR count). The summed E-state index contributed by atoms with van der Waals surface area (Å²) in [6.07, 6.45) is -1.78. The van der Waals surface area contributed by atoms with Crippen molar-refractivity contribution in [1.82, 2.24) is 14.9 Å². The second kappa shape index (κ2) is 8.22. The third-order valence-corrected chi connectivity index (χ3v) is 6.19. The Labute approximate surface area is 197 Å². The average Bonchev–Trinajstić information content (AvgIpc) is 3.31. The lowest BCUT2D eigenvalue weighted by atomic mass is 10.1. The molecule has 1 amide bonds. The number of fused-ring (bicyclic) bond motifs is 2. The van der Waals surface area contributed by atoms with E-state index in [-0.39, 0.29) is 29.8 Å². The summed E-state index contributed by atoms with van der Waals surface area (Å²) in [6, 6.07) is 5.01. The predicted molar refractivity (Wildman–Crippen MR) is 120 cm³/mol. The van der Waals surface area contributed by atoms with Crippen LogP contribution >= 0.6 is 0 Å². The highest BCUT2D eigenvalue weighted by Crippen LogP contribution is 2.45. The van der Waals surface area contributed by atoms with Crippen LogP contribution in [0.4, 0.5) is 30.4 Å². The highest BCUT2D eigenvalue weighted by Gasteiger charge is 2.36. The first-order valence-corrected chi connectivity index (χ1v) is 11.3. The molecule has 0 radical (unpaired) electrons. The number of ether oxygens (including phenoxy) is 3. The van der Waals surface area contributed by atoms with Crippen molar-refractivity contribution in [3.05, 3.63) is 35.5 Å². The molecule has 12 heteroatoms. The molecular weight excluding hydrogens is 467 g/mol. The number of H-pyrrole nitrogens is 1. The Morgan fingerprint density at radius 1 is 1.11 bits per heavy atom. The number of amides is 1. The predicted octanol–water partition coefficient (Wildman–Crippen LogP) is 4.10. The van der Waals surface area contributed by atoms with Crippen molar-refractivity contribution in [2.75, 3.05) is 43.7 Å². The fraction of sp³-hybridized carbons (Fsp3) is 0.391. The van der Waals surface area contributed by atoms with E-state index in [0.717, 1.165) is 19.0 Å². The lowest BCUT2D eigenvalue weighted by Crippen LogP contribution is -2.40. The summed E-state index contributed by atoms with van der Waals surface area (Å²) in [5.74, 6) is 0.817. The minimum atomic E-state index is -4.51. The van der Waals surface area contributed by atoms with Crippen LogP contribution in [0.1, 0.15) is 28.8 Å². The van der Waals surface area contributed by atoms with E-state index in [1.54, 1.807) is 23.1 Å². The first kappa shape index (κ1) is 21.8. The summed E-state index contributed by atoms with van der Waals surface area (Å²) in [6.45, 7) is 1.89. The largest absolute Gasteiger partial charge is 0.453 e. The number of aromatic amines is 1. The SMILES string of the molecule is O=C(c1ccc(Nc2cc(NC3CC3)c3c(C(F)(F)F)c[nH]c3n2)c2c1OCO2)N1CCOCC1. The number of morpholine rings is 1. The molecule has 2 aromatic heterocycles. The normalized spacial score (nSPS) is 17.6. The van der Waals surface area contributed by atoms with Crippen LogP contribution in [-0.4, -0.2) is 59.9 Å². The van der Waals surface area contributed by atoms with Crippen molar-refractivity contribution in [1.29, 1.82) is 0 Å². The van der Waals surface area contributed by atoms with E-state index in [9.17, 15) is 18.0 Å². The number of halogens is 3. The van der Waals surface area contributed by atoms with E-state index in [0.29, 0.717) is 60.6 Å². The van der Waals surface area contributed by atoms with Crippen LogP contribution in [0, 0.1) is 0 Å². The Morgan fingerprint density at radius 3 is 2.63 bits per heavy atom. The first-order chi connectivity index (χ1) is 16.9. The van der Waals surface area contributed by atoms with Crippen LogP contribution in [-0.2, 0) is 10.9 Å². The van der Waals surface area contributed by atoms with Gasteiger partial charge in [-0.25, -0.2) is 4.98 Å². The Balaban J connectivity index is 1.35. The number of benzene rings is 1. The zero-order valence-electron chi connectivity index (χ0n) is 18.5. The second-order valence-corrected chi connectivity index (χ2v) is 8.65. The second-order valence-electron chi connectivity index (χ2n) is 8.65. The van der Waals surface area contributed by atoms with Gasteiger partial charge in [0, 0.05) is 37.1 Å². The number of nitrogens with zero attached hydrogens (tertiary/aromatic N) is 2. The summed E-state index contributed by atoms with van der Waals surface area (Å²) >= 11 is 0. The molecule has 4 heterocycles. The number of hydrogen-bond donors (Lipinski definition) is 3. The van der Waals surface area contributed by atoms with Gasteiger partial charge in [-0.05, 0) is 25.0 Å². The Hall–Kier alpha value is -3.67. The monoisotopic (exact) mass is 489 g/mol. The van der Waals surface area contributed by atoms with Gasteiger partial charge in [-0.1, -0.05) is 0 Å². The highest BCUT2D eigenvalue weighted by molar-refractivity contribution is 6.00. The molecule has 0 bridgehead atoms. The average molecular weight is 489 g/mol. The van der Waals surface area contributed by atoms with Gasteiger partial charge < -0.3 is 34.7 Å². The van der Waals surface area contributed by atoms with Crippen LogP contribution in [0.3, 0.4) is 0 Å². The minimum Gasteiger partial charge on any atom is -0.453 e. The van der Waals surface area contributed by atoms with Crippen LogP contribution in [0.15, 0.2) is 24.4 Å². The van der Waals surface area contributed by atoms with Crippen molar-refractivity contribution in [2.24, 2.45) is 0 Å². The summed E-state index contributed by atoms with van der Waals surface area (Å²) in [7, 11) is 0. The molecule has 9 nitrogen and oxygen atoms in total. The number of hydrogen-bond acceptors (Lipinski definition) is 7. The van der Waals surface area contributed by atoms with E-state index < -0.39 is 11.7 Å². The van der Waals surface area contributed by atoms with Crippen molar-refractivity contribution in [3.63, 3.8) is 0 Å². The molecule has 2 fully saturated rings. The first-order valence-electron chi connectivity index (χ1n) is 11.3. The number of aromatic nitrogens is 2. The third kappa shape index (κ3) is 4.07. The molecule has 3 N–H and O–H groups in total. The van der Waals surface area contributed by atoms with Gasteiger partial charge in [0.05, 0.1) is 35.4 Å². The smallest absolute Gasteiger partial charge is 0.418 e. The number of pyridine rings is 1. The number of carbonyl (C=O) groups is 1. The van der Waals surface area contributed by atoms with Crippen molar-refractivity contribution in [3.8, 4) is 11.5 Å². The highest BCUT2D eigenvalue weighted by atomic mass is 19.4. The molecule has 0 spiro atoms. The molecule has 0 unspecified atom stereocenters. The molecule has 3 aliphatic rings. The maximum absolute atomic E-state index is 13.6. The van der Waals surface area contributed by atoms with Crippen LogP contribution < -0.4 is 20.1 Å². The molecule has 0 atom stereocenters. The fourth-order valence-electron chi connectivity index (χ4n) is 4.32. The van der Waals surface area contributed by atoms with Gasteiger partial charge in [-0.3, -0.25) is 4.79 Å². The number of nitrogens with one attached hydrogen (secondary N) is 3. The van der Waals surface area contributed by atoms with Gasteiger partial charge >= 0.3 is 6.18 Å². The molecule has 35 heavy (non-hydrogen) atoms. The van der Waals surface area contributed by atoms with Gasteiger partial charge in [0.2, 0.25) is 6.79 Å². The molecule has 184 valence electrons. The summed E-state index contributed by atoms with van der Waals surface area (Å²) in [5.41, 5.74) is 0.560. The number of alkyl halides is 3. The van der Waals surface area contributed by atoms with E-state index >= 15 is 0 Å². The molecule has 2 aliphatic heterocycles. The van der Waals surface area contributed by atoms with Crippen LogP contribution in [0.5, 0.6) is 11.5 Å². The van der Waals surface area contributed by atoms with Gasteiger partial charge in [0.25, 0.3) is 5.91 Å². The standard InChI is InChI=1S/C23H22F3N5O4/c24-23(25,26)14-10-27-21-18(14)16(28-12-1-2-12)9-17(30-21)29-15-4-3-13(19-20(15)35-11-34-19)22(32)31-5-7-33-8-6-31/h3-4,9-10,12H,1-2,5-8,11H2,(H3,27,28,29,30). The van der Waals surface area contributed by atoms with Crippen molar-refractivity contribution >= 4 is 34.1 Å². The molecule has 1 aliphatic carbocycles. The Kier molecular flexibility index (Phi) is 5.13. The van der Waals surface area contributed by atoms with Crippen LogP contribution in [0.25, 0.3) is 11.0 Å². The van der Waals surface area contributed by atoms with Gasteiger partial charge in [-0.15, -0.1) is 0 Å². The van der Waals surface area contributed by atoms with Gasteiger partial charge in [0.1, 0.15) is 11.5 Å². The maximum Gasteiger partial charge on any atom is 0.418 e. The lowest BCUT2D eigenvalue weighted by molar-refractivity contribution is -0.136. The van der Waals surface area contributed by atoms with Crippen molar-refractivity contribution < 1.29 is 32.2 Å². The lowest BCUT2D eigenvalue weighted by Gasteiger charge is -2.27. The quantitative estimate of drug-likeness (QED) is 0.496. The van der Waals surface area contributed by atoms with E-state index in [1.807, 2.05) is 0 Å². The van der Waals surface area contributed by atoms with Crippen molar-refractivity contribution in [2.45, 2.75) is 25.1 Å². The zero-order valence-corrected chi connectivity index (χ0v) is 18.5. The number of anilines is 3. The van der Waals surface area contributed by atoms with E-state index in [4.69, 9.17) is 14.2 Å². The van der Waals surface area contributed by atoms with E-state index in [1.165, 1.54) is 0 Å². The molecule has 1 saturated heterocycles. The summed E-state index contributed by atoms with van der Waals surface area (Å²) in [4.78, 5) is 21.7.